The molecule has 2 unspecified atom stereocenters. The van der Waals surface area contributed by atoms with Crippen LogP contribution in [0.1, 0.15) is 40.0 Å². The van der Waals surface area contributed by atoms with Crippen molar-refractivity contribution in [2.75, 3.05) is 12.3 Å². The van der Waals surface area contributed by atoms with Crippen LogP contribution in [0.15, 0.2) is 18.2 Å². The third-order valence-electron chi connectivity index (χ3n) is 4.50. The fourth-order valence-electron chi connectivity index (χ4n) is 3.38. The van der Waals surface area contributed by atoms with E-state index in [0.717, 1.165) is 19.3 Å². The molecule has 0 bridgehead atoms. The lowest BCUT2D eigenvalue weighted by molar-refractivity contribution is 0.0353. The Balaban J connectivity index is 1.72. The molecule has 5 nitrogen and oxygen atoms in total. The van der Waals surface area contributed by atoms with E-state index in [1.807, 2.05) is 0 Å². The lowest BCUT2D eigenvalue weighted by Crippen LogP contribution is -2.45. The predicted molar refractivity (Wildman–Crippen MR) is 72.2 cm³/mol. The zero-order valence-corrected chi connectivity index (χ0v) is 11.0. The Morgan fingerprint density at radius 1 is 1.15 bits per heavy atom. The van der Waals surface area contributed by atoms with Gasteiger partial charge in [-0.2, -0.15) is 0 Å². The quantitative estimate of drug-likeness (QED) is 0.653. The number of ether oxygens (including phenoxy) is 1. The van der Waals surface area contributed by atoms with Gasteiger partial charge in [0.15, 0.2) is 0 Å². The van der Waals surface area contributed by atoms with Crippen LogP contribution in [0.3, 0.4) is 0 Å². The Hall–Kier alpha value is -1.88. The summed E-state index contributed by atoms with van der Waals surface area (Å²) < 4.78 is 5.75. The van der Waals surface area contributed by atoms with Gasteiger partial charge in [-0.05, 0) is 37.3 Å². The van der Waals surface area contributed by atoms with Crippen LogP contribution in [-0.4, -0.2) is 35.5 Å². The highest BCUT2D eigenvalue weighted by molar-refractivity contribution is 6.23. The molecule has 1 saturated heterocycles. The number of nitrogens with two attached hydrogens (primary N) is 1. The Morgan fingerprint density at radius 3 is 2.65 bits per heavy atom. The number of carbonyl (C=O) groups excluding carboxylic acids is 2. The van der Waals surface area contributed by atoms with Crippen LogP contribution < -0.4 is 5.73 Å². The SMILES string of the molecule is Nc1cccc2c1C(=O)N(C1CCOC1C1CC1)C2=O. The number of fused-ring (bicyclic) bond motifs is 1. The monoisotopic (exact) mass is 272 g/mol. The summed E-state index contributed by atoms with van der Waals surface area (Å²) in [4.78, 5) is 26.5. The van der Waals surface area contributed by atoms with Crippen LogP contribution in [0.2, 0.25) is 0 Å². The smallest absolute Gasteiger partial charge is 0.263 e. The Labute approximate surface area is 116 Å². The van der Waals surface area contributed by atoms with Crippen molar-refractivity contribution in [2.45, 2.75) is 31.4 Å². The number of imide groups is 1. The maximum absolute atomic E-state index is 12.6. The molecule has 1 aromatic carbocycles. The number of carbonyl (C=O) groups is 2. The van der Waals surface area contributed by atoms with E-state index in [1.165, 1.54) is 4.90 Å². The fourth-order valence-corrected chi connectivity index (χ4v) is 3.38. The molecule has 1 saturated carbocycles. The van der Waals surface area contributed by atoms with E-state index in [4.69, 9.17) is 10.5 Å². The number of nitrogens with zero attached hydrogens (tertiary/aromatic N) is 1. The van der Waals surface area contributed by atoms with Gasteiger partial charge in [-0.3, -0.25) is 14.5 Å². The lowest BCUT2D eigenvalue weighted by atomic mass is 10.0. The van der Waals surface area contributed by atoms with Gasteiger partial charge in [0, 0.05) is 12.3 Å². The van der Waals surface area contributed by atoms with Crippen molar-refractivity contribution in [3.05, 3.63) is 29.3 Å². The van der Waals surface area contributed by atoms with Crippen LogP contribution in [0, 0.1) is 5.92 Å². The summed E-state index contributed by atoms with van der Waals surface area (Å²) in [5.41, 5.74) is 7.03. The summed E-state index contributed by atoms with van der Waals surface area (Å²) in [6, 6.07) is 4.92. The maximum atomic E-state index is 12.6. The van der Waals surface area contributed by atoms with E-state index in [9.17, 15) is 9.59 Å². The molecule has 2 amide bonds. The standard InChI is InChI=1S/C15H16N2O3/c16-10-3-1-2-9-12(10)15(19)17(14(9)18)11-6-7-20-13(11)8-4-5-8/h1-3,8,11,13H,4-7,16H2. The minimum Gasteiger partial charge on any atom is -0.398 e. The minimum atomic E-state index is -0.260. The maximum Gasteiger partial charge on any atom is 0.263 e. The molecule has 20 heavy (non-hydrogen) atoms. The highest BCUT2D eigenvalue weighted by Crippen LogP contribution is 2.42. The van der Waals surface area contributed by atoms with Crippen LogP contribution in [0.25, 0.3) is 0 Å². The topological polar surface area (TPSA) is 72.6 Å². The molecule has 104 valence electrons. The second kappa shape index (κ2) is 4.06. The third kappa shape index (κ3) is 1.53. The molecule has 4 rings (SSSR count). The molecule has 2 fully saturated rings. The molecule has 0 aromatic heterocycles. The van der Waals surface area contributed by atoms with Gasteiger partial charge in [0.25, 0.3) is 11.8 Å². The van der Waals surface area contributed by atoms with Crippen molar-refractivity contribution in [2.24, 2.45) is 5.92 Å². The van der Waals surface area contributed by atoms with Crippen molar-refractivity contribution in [1.29, 1.82) is 0 Å². The molecule has 0 spiro atoms. The summed E-state index contributed by atoms with van der Waals surface area (Å²) >= 11 is 0. The molecular formula is C15H16N2O3. The first-order valence-electron chi connectivity index (χ1n) is 7.06. The van der Waals surface area contributed by atoms with Crippen LogP contribution in [-0.2, 0) is 4.74 Å². The van der Waals surface area contributed by atoms with E-state index in [-0.39, 0.29) is 24.0 Å². The van der Waals surface area contributed by atoms with Gasteiger partial charge in [-0.1, -0.05) is 6.07 Å². The van der Waals surface area contributed by atoms with Crippen LogP contribution >= 0.6 is 0 Å². The summed E-state index contributed by atoms with van der Waals surface area (Å²) in [5, 5.41) is 0. The second-order valence-corrected chi connectivity index (χ2v) is 5.78. The number of hydrogen-bond acceptors (Lipinski definition) is 4. The summed E-state index contributed by atoms with van der Waals surface area (Å²) in [5.74, 6) is 0.0202. The molecule has 1 aromatic rings. The number of benzene rings is 1. The van der Waals surface area contributed by atoms with Gasteiger partial charge in [0.05, 0.1) is 23.3 Å². The molecule has 2 heterocycles. The second-order valence-electron chi connectivity index (χ2n) is 5.78. The molecule has 2 N–H and O–H groups in total. The first kappa shape index (κ1) is 11.9. The van der Waals surface area contributed by atoms with Gasteiger partial charge in [0.2, 0.25) is 0 Å². The number of hydrogen-bond donors (Lipinski definition) is 1. The number of anilines is 1. The van der Waals surface area contributed by atoms with E-state index >= 15 is 0 Å². The van der Waals surface area contributed by atoms with E-state index in [2.05, 4.69) is 0 Å². The number of amides is 2. The molecule has 5 heteroatoms. The van der Waals surface area contributed by atoms with Crippen molar-refractivity contribution in [1.82, 2.24) is 4.90 Å². The first-order valence-corrected chi connectivity index (χ1v) is 7.06. The van der Waals surface area contributed by atoms with Crippen LogP contribution in [0.4, 0.5) is 5.69 Å². The van der Waals surface area contributed by atoms with Gasteiger partial charge in [-0.15, -0.1) is 0 Å². The number of nitrogen functional groups attached to an aromatic ring is 1. The largest absolute Gasteiger partial charge is 0.398 e. The van der Waals surface area contributed by atoms with Crippen molar-refractivity contribution >= 4 is 17.5 Å². The van der Waals surface area contributed by atoms with Gasteiger partial charge in [0.1, 0.15) is 0 Å². The highest BCUT2D eigenvalue weighted by atomic mass is 16.5. The van der Waals surface area contributed by atoms with Crippen molar-refractivity contribution < 1.29 is 14.3 Å². The fraction of sp³-hybridized carbons (Fsp3) is 0.467. The Morgan fingerprint density at radius 2 is 1.95 bits per heavy atom. The normalized spacial score (nSPS) is 29.1. The van der Waals surface area contributed by atoms with Gasteiger partial charge >= 0.3 is 0 Å². The van der Waals surface area contributed by atoms with Crippen LogP contribution in [0.5, 0.6) is 0 Å². The molecule has 1 aliphatic carbocycles. The predicted octanol–water partition coefficient (Wildman–Crippen LogP) is 1.43. The molecular weight excluding hydrogens is 256 g/mol. The summed E-state index contributed by atoms with van der Waals surface area (Å²) in [7, 11) is 0. The molecule has 2 atom stereocenters. The average Bonchev–Trinajstić information content (AvgIpc) is 3.11. The van der Waals surface area contributed by atoms with Gasteiger partial charge < -0.3 is 10.5 Å². The summed E-state index contributed by atoms with van der Waals surface area (Å²) in [6.45, 7) is 0.620. The molecule has 3 aliphatic rings. The third-order valence-corrected chi connectivity index (χ3v) is 4.50. The zero-order valence-electron chi connectivity index (χ0n) is 11.0. The molecule has 0 radical (unpaired) electrons. The Bertz CT molecular complexity index is 609. The van der Waals surface area contributed by atoms with E-state index < -0.39 is 0 Å². The van der Waals surface area contributed by atoms with Crippen molar-refractivity contribution in [3.63, 3.8) is 0 Å². The first-order chi connectivity index (χ1) is 9.68. The summed E-state index contributed by atoms with van der Waals surface area (Å²) in [6.07, 6.45) is 3.00. The van der Waals surface area contributed by atoms with Crippen molar-refractivity contribution in [3.8, 4) is 0 Å². The Kier molecular flexibility index (Phi) is 2.41. The zero-order chi connectivity index (χ0) is 13.9. The van der Waals surface area contributed by atoms with Gasteiger partial charge in [-0.25, -0.2) is 0 Å². The lowest BCUT2D eigenvalue weighted by Gasteiger charge is -2.26. The minimum absolute atomic E-state index is 0.0124. The van der Waals surface area contributed by atoms with E-state index in [0.29, 0.717) is 29.3 Å². The van der Waals surface area contributed by atoms with E-state index in [1.54, 1.807) is 18.2 Å². The number of rotatable bonds is 2. The highest BCUT2D eigenvalue weighted by Gasteiger charge is 2.49. The molecule has 2 aliphatic heterocycles. The average molecular weight is 272 g/mol.